The lowest BCUT2D eigenvalue weighted by Crippen LogP contribution is -2.56. The van der Waals surface area contributed by atoms with E-state index in [1.54, 1.807) is 68.6 Å². The third-order valence-electron chi connectivity index (χ3n) is 9.61. The molecule has 0 aliphatic carbocycles. The summed E-state index contributed by atoms with van der Waals surface area (Å²) < 4.78 is 22.4. The standard InChI is InChI=1S/C39H51FN8O9/c1-6-46-21-27(38(54)55)35(51)26-18-28(40)31(19-30(26)46)47-14-16-48(17-15-47)39(56)57-22-24-10-12-25(13-11-24)42-36(52)29(20-41)43-37(53)34(23(2)3)44-32(49)8-7-9-33(50)45(4)5/h10-13,18-19,21,23,29,34H,6-9,14-17,20,22,41H2,1-5H3,(H,42,52)(H,43,53)(H,44,49)(H,54,55)/t29-,34-/m0/s1. The van der Waals surface area contributed by atoms with Crippen molar-refractivity contribution in [3.63, 3.8) is 0 Å². The molecule has 18 heteroatoms. The first kappa shape index (κ1) is 43.7. The normalized spacial score (nSPS) is 13.8. The summed E-state index contributed by atoms with van der Waals surface area (Å²) in [6.45, 7) is 6.43. The number of carbonyl (C=O) groups is 6. The monoisotopic (exact) mass is 794 g/mol. The zero-order chi connectivity index (χ0) is 42.0. The van der Waals surface area contributed by atoms with Crippen molar-refractivity contribution in [1.29, 1.82) is 0 Å². The van der Waals surface area contributed by atoms with E-state index in [1.807, 2.05) is 0 Å². The molecule has 1 saturated heterocycles. The summed E-state index contributed by atoms with van der Waals surface area (Å²) >= 11 is 0. The molecule has 57 heavy (non-hydrogen) atoms. The van der Waals surface area contributed by atoms with Crippen LogP contribution in [0.5, 0.6) is 0 Å². The molecule has 4 rings (SSSR count). The van der Waals surface area contributed by atoms with Gasteiger partial charge >= 0.3 is 12.1 Å². The number of hydrogen-bond acceptors (Lipinski definition) is 10. The van der Waals surface area contributed by atoms with Gasteiger partial charge in [-0.2, -0.15) is 0 Å². The van der Waals surface area contributed by atoms with Crippen molar-refractivity contribution in [2.24, 2.45) is 11.7 Å². The highest BCUT2D eigenvalue weighted by Gasteiger charge is 2.29. The van der Waals surface area contributed by atoms with Crippen LogP contribution in [0.1, 0.15) is 56.0 Å². The predicted molar refractivity (Wildman–Crippen MR) is 210 cm³/mol. The summed E-state index contributed by atoms with van der Waals surface area (Å²) in [5.41, 5.74) is 6.30. The van der Waals surface area contributed by atoms with Crippen LogP contribution in [0.2, 0.25) is 0 Å². The molecule has 1 aromatic heterocycles. The van der Waals surface area contributed by atoms with Crippen LogP contribution in [-0.4, -0.2) is 114 Å². The summed E-state index contributed by atoms with van der Waals surface area (Å²) in [6, 6.07) is 7.08. The molecule has 2 heterocycles. The molecule has 1 fully saturated rings. The number of nitrogens with two attached hydrogens (primary N) is 1. The average Bonchev–Trinajstić information content (AvgIpc) is 3.18. The molecule has 0 bridgehead atoms. The molecule has 2 atom stereocenters. The predicted octanol–water partition coefficient (Wildman–Crippen LogP) is 2.10. The van der Waals surface area contributed by atoms with Gasteiger partial charge in [0, 0.05) is 83.5 Å². The summed E-state index contributed by atoms with van der Waals surface area (Å²) in [7, 11) is 3.26. The van der Waals surface area contributed by atoms with Crippen LogP contribution in [0.15, 0.2) is 47.4 Å². The van der Waals surface area contributed by atoms with E-state index < -0.39 is 58.7 Å². The Hall–Kier alpha value is -6.04. The van der Waals surface area contributed by atoms with Gasteiger partial charge in [-0.25, -0.2) is 14.0 Å². The number of carboxylic acids is 1. The van der Waals surface area contributed by atoms with Crippen LogP contribution in [-0.2, 0) is 37.1 Å². The first-order chi connectivity index (χ1) is 27.0. The number of carbonyl (C=O) groups excluding carboxylic acids is 5. The minimum absolute atomic E-state index is 0.0262. The summed E-state index contributed by atoms with van der Waals surface area (Å²) in [5.74, 6) is -4.00. The topological polar surface area (TPSA) is 226 Å². The summed E-state index contributed by atoms with van der Waals surface area (Å²) in [6.07, 6.45) is 1.27. The molecular formula is C39H51FN8O9. The van der Waals surface area contributed by atoms with Gasteiger partial charge in [0.25, 0.3) is 0 Å². The molecule has 0 radical (unpaired) electrons. The molecular weight excluding hydrogens is 743 g/mol. The first-order valence-corrected chi connectivity index (χ1v) is 18.7. The highest BCUT2D eigenvalue weighted by molar-refractivity contribution is 5.99. The number of aromatic carboxylic acids is 1. The lowest BCUT2D eigenvalue weighted by Gasteiger charge is -2.35. The Kier molecular flexibility index (Phi) is 15.1. The Labute approximate surface area is 329 Å². The van der Waals surface area contributed by atoms with Crippen molar-refractivity contribution in [2.45, 2.75) is 65.3 Å². The number of piperazine rings is 1. The zero-order valence-electron chi connectivity index (χ0n) is 32.8. The first-order valence-electron chi connectivity index (χ1n) is 18.7. The van der Waals surface area contributed by atoms with Gasteiger partial charge in [-0.3, -0.25) is 24.0 Å². The van der Waals surface area contributed by atoms with Crippen molar-refractivity contribution in [3.05, 3.63) is 69.8 Å². The zero-order valence-corrected chi connectivity index (χ0v) is 32.8. The number of nitrogens with zero attached hydrogens (tertiary/aromatic N) is 4. The second-order valence-corrected chi connectivity index (χ2v) is 14.2. The van der Waals surface area contributed by atoms with Gasteiger partial charge in [0.15, 0.2) is 0 Å². The Morgan fingerprint density at radius 1 is 0.965 bits per heavy atom. The van der Waals surface area contributed by atoms with E-state index in [2.05, 4.69) is 16.0 Å². The smallest absolute Gasteiger partial charge is 0.410 e. The fourth-order valence-electron chi connectivity index (χ4n) is 6.23. The number of fused-ring (bicyclic) bond motifs is 1. The second-order valence-electron chi connectivity index (χ2n) is 14.2. The lowest BCUT2D eigenvalue weighted by atomic mass is 10.0. The fraction of sp³-hybridized carbons (Fsp3) is 0.462. The molecule has 17 nitrogen and oxygen atoms in total. The maximum atomic E-state index is 15.3. The number of anilines is 2. The Morgan fingerprint density at radius 2 is 1.63 bits per heavy atom. The number of carboxylic acid groups (broad SMARTS) is 1. The number of halogens is 1. The van der Waals surface area contributed by atoms with Crippen LogP contribution in [0.25, 0.3) is 10.9 Å². The minimum atomic E-state index is -1.39. The molecule has 5 amide bonds. The van der Waals surface area contributed by atoms with Crippen LogP contribution in [0.3, 0.4) is 0 Å². The van der Waals surface area contributed by atoms with Crippen LogP contribution in [0, 0.1) is 11.7 Å². The van der Waals surface area contributed by atoms with Crippen molar-refractivity contribution >= 4 is 58.0 Å². The van der Waals surface area contributed by atoms with E-state index >= 15 is 4.39 Å². The van der Waals surface area contributed by atoms with Gasteiger partial charge in [-0.05, 0) is 49.1 Å². The van der Waals surface area contributed by atoms with Crippen LogP contribution in [0.4, 0.5) is 20.6 Å². The van der Waals surface area contributed by atoms with E-state index in [9.17, 15) is 38.7 Å². The second kappa shape index (κ2) is 19.7. The highest BCUT2D eigenvalue weighted by atomic mass is 19.1. The maximum absolute atomic E-state index is 15.3. The number of hydrogen-bond donors (Lipinski definition) is 5. The van der Waals surface area contributed by atoms with Gasteiger partial charge < -0.3 is 50.8 Å². The number of ether oxygens (including phenoxy) is 1. The van der Waals surface area contributed by atoms with Crippen molar-refractivity contribution < 1.29 is 43.0 Å². The van der Waals surface area contributed by atoms with Crippen LogP contribution >= 0.6 is 0 Å². The Balaban J connectivity index is 1.26. The Bertz CT molecular complexity index is 2030. The number of amides is 5. The number of pyridine rings is 1. The van der Waals surface area contributed by atoms with E-state index in [4.69, 9.17) is 10.5 Å². The maximum Gasteiger partial charge on any atom is 0.410 e. The molecule has 0 spiro atoms. The molecule has 2 aromatic carbocycles. The number of rotatable bonds is 16. The number of aryl methyl sites for hydroxylation is 1. The number of nitrogens with one attached hydrogen (secondary N) is 3. The summed E-state index contributed by atoms with van der Waals surface area (Å²) in [5, 5.41) is 17.4. The lowest BCUT2D eigenvalue weighted by molar-refractivity contribution is -0.132. The third-order valence-corrected chi connectivity index (χ3v) is 9.61. The molecule has 1 aliphatic heterocycles. The van der Waals surface area contributed by atoms with Gasteiger partial charge in [-0.1, -0.05) is 26.0 Å². The van der Waals surface area contributed by atoms with E-state index in [-0.39, 0.29) is 75.1 Å². The molecule has 6 N–H and O–H groups in total. The van der Waals surface area contributed by atoms with Crippen molar-refractivity contribution in [1.82, 2.24) is 25.0 Å². The number of aromatic nitrogens is 1. The van der Waals surface area contributed by atoms with Gasteiger partial charge in [0.2, 0.25) is 29.1 Å². The van der Waals surface area contributed by atoms with Gasteiger partial charge in [-0.15, -0.1) is 0 Å². The van der Waals surface area contributed by atoms with Gasteiger partial charge in [0.1, 0.15) is 30.1 Å². The Morgan fingerprint density at radius 3 is 2.21 bits per heavy atom. The van der Waals surface area contributed by atoms with E-state index in [1.165, 1.54) is 22.1 Å². The fourth-order valence-corrected chi connectivity index (χ4v) is 6.23. The minimum Gasteiger partial charge on any atom is -0.477 e. The molecule has 1 aliphatic rings. The highest BCUT2D eigenvalue weighted by Crippen LogP contribution is 2.27. The quantitative estimate of drug-likeness (QED) is 0.141. The molecule has 3 aromatic rings. The molecule has 308 valence electrons. The molecule has 0 unspecified atom stereocenters. The van der Waals surface area contributed by atoms with Crippen molar-refractivity contribution in [3.8, 4) is 0 Å². The van der Waals surface area contributed by atoms with E-state index in [0.717, 1.165) is 6.07 Å². The van der Waals surface area contributed by atoms with E-state index in [0.29, 0.717) is 29.7 Å². The average molecular weight is 795 g/mol. The van der Waals surface area contributed by atoms with Crippen LogP contribution < -0.4 is 32.0 Å². The van der Waals surface area contributed by atoms with Crippen molar-refractivity contribution in [2.75, 3.05) is 57.0 Å². The number of benzene rings is 2. The summed E-state index contributed by atoms with van der Waals surface area (Å²) in [4.78, 5) is 92.3. The SMILES string of the molecule is CCn1cc(C(=O)O)c(=O)c2cc(F)c(N3CCN(C(=O)OCc4ccc(NC(=O)[C@H](CN)NC(=O)[C@@H](NC(=O)CCCC(=O)N(C)C)C(C)C)cc4)CC3)cc21. The molecule has 0 saturated carbocycles. The largest absolute Gasteiger partial charge is 0.477 e. The third kappa shape index (κ3) is 11.3. The van der Waals surface area contributed by atoms with Gasteiger partial charge in [0.05, 0.1) is 11.2 Å².